The standard InChI is InChI=1S/C38H61NO9/c1-21(2)22-11-16-38(33(44)45)18-17-36(6)23(29(22)38)9-10-26-35(5)14-13-27(34(3,4)25(35)12-15-37(26,36)7)48-28(41)19-39(46-8)32-31(43)30(42)24(40)20-47-32/h22-27,29-32,40,42-43H,1,9-20H2,2-8H3,(H,44,45)/t22-,23?,24-,25?,26?,27-,29?,30-,31-,32+,35-,36+,37+,38-/m0/s1. The summed E-state index contributed by atoms with van der Waals surface area (Å²) in [6.07, 6.45) is 3.94. The van der Waals surface area contributed by atoms with Crippen molar-refractivity contribution in [2.24, 2.45) is 56.7 Å². The zero-order chi connectivity index (χ0) is 35.2. The molecule has 5 saturated carbocycles. The molecule has 0 aromatic rings. The molecular formula is C38H61NO9. The van der Waals surface area contributed by atoms with Gasteiger partial charge in [0.1, 0.15) is 31.0 Å². The molecule has 0 aromatic carbocycles. The molecule has 0 bridgehead atoms. The van der Waals surface area contributed by atoms with E-state index >= 15 is 0 Å². The molecule has 6 rings (SSSR count). The van der Waals surface area contributed by atoms with Crippen molar-refractivity contribution in [2.45, 2.75) is 136 Å². The second-order valence-electron chi connectivity index (χ2n) is 18.0. The van der Waals surface area contributed by atoms with Crippen molar-refractivity contribution in [3.8, 4) is 0 Å². The van der Waals surface area contributed by atoms with E-state index in [0.717, 1.165) is 69.8 Å². The van der Waals surface area contributed by atoms with E-state index in [4.69, 9.17) is 14.3 Å². The summed E-state index contributed by atoms with van der Waals surface area (Å²) in [4.78, 5) is 31.7. The van der Waals surface area contributed by atoms with E-state index in [1.54, 1.807) is 0 Å². The minimum absolute atomic E-state index is 0.0536. The lowest BCUT2D eigenvalue weighted by Gasteiger charge is -2.72. The molecule has 0 spiro atoms. The highest BCUT2D eigenvalue weighted by atomic mass is 16.7. The molecule has 1 heterocycles. The Bertz CT molecular complexity index is 1290. The first kappa shape index (κ1) is 36.2. The van der Waals surface area contributed by atoms with E-state index in [9.17, 15) is 30.0 Å². The molecular weight excluding hydrogens is 614 g/mol. The van der Waals surface area contributed by atoms with Crippen LogP contribution < -0.4 is 0 Å². The number of carbonyl (C=O) groups excluding carboxylic acids is 1. The van der Waals surface area contributed by atoms with Crippen LogP contribution in [-0.2, 0) is 23.9 Å². The lowest BCUT2D eigenvalue weighted by Crippen LogP contribution is -2.67. The molecule has 6 aliphatic rings. The lowest BCUT2D eigenvalue weighted by atomic mass is 9.32. The summed E-state index contributed by atoms with van der Waals surface area (Å²) in [5, 5.41) is 42.3. The van der Waals surface area contributed by atoms with Crippen LogP contribution in [0.4, 0.5) is 0 Å². The number of carboxylic acid groups (broad SMARTS) is 1. The Morgan fingerprint density at radius 3 is 2.23 bits per heavy atom. The number of carbonyl (C=O) groups is 2. The summed E-state index contributed by atoms with van der Waals surface area (Å²) in [6, 6.07) is 0. The molecule has 272 valence electrons. The van der Waals surface area contributed by atoms with Crippen molar-refractivity contribution in [1.82, 2.24) is 5.06 Å². The first-order valence-electron chi connectivity index (χ1n) is 18.4. The second kappa shape index (κ2) is 12.3. The van der Waals surface area contributed by atoms with E-state index in [-0.39, 0.29) is 52.8 Å². The van der Waals surface area contributed by atoms with Crippen LogP contribution in [0.15, 0.2) is 12.2 Å². The number of carboxylic acids is 1. The van der Waals surface area contributed by atoms with Crippen LogP contribution in [0.2, 0.25) is 0 Å². The predicted octanol–water partition coefficient (Wildman–Crippen LogP) is 4.94. The minimum Gasteiger partial charge on any atom is -0.481 e. The molecule has 10 heteroatoms. The van der Waals surface area contributed by atoms with E-state index in [1.165, 1.54) is 12.2 Å². The maximum Gasteiger partial charge on any atom is 0.323 e. The van der Waals surface area contributed by atoms with Crippen molar-refractivity contribution in [2.75, 3.05) is 20.3 Å². The van der Waals surface area contributed by atoms with E-state index < -0.39 is 41.9 Å². The lowest BCUT2D eigenvalue weighted by molar-refractivity contribution is -0.305. The molecule has 10 nitrogen and oxygen atoms in total. The van der Waals surface area contributed by atoms with Gasteiger partial charge in [-0.15, -0.1) is 5.06 Å². The predicted molar refractivity (Wildman–Crippen MR) is 178 cm³/mol. The molecule has 5 aliphatic carbocycles. The van der Waals surface area contributed by atoms with Crippen LogP contribution in [0.1, 0.15) is 106 Å². The average molecular weight is 676 g/mol. The number of ether oxygens (including phenoxy) is 2. The molecule has 0 aromatic heterocycles. The number of esters is 1. The highest BCUT2D eigenvalue weighted by Gasteiger charge is 2.72. The van der Waals surface area contributed by atoms with Crippen molar-refractivity contribution in [1.29, 1.82) is 0 Å². The van der Waals surface area contributed by atoms with Crippen LogP contribution in [0.3, 0.4) is 0 Å². The number of hydrogen-bond donors (Lipinski definition) is 4. The quantitative estimate of drug-likeness (QED) is 0.166. The van der Waals surface area contributed by atoms with Gasteiger partial charge in [0.05, 0.1) is 19.1 Å². The SMILES string of the molecule is C=C(C)[C@@H]1CC[C@]2(C(=O)O)CC[C@]3(C)C(CCC4[C@@]5(C)CC[C@H](OC(=O)CN(OC)[C@@H]6OC[C@H](O)[C@H](O)[C@@H]6O)C(C)(C)C5CC[C@]43C)C12. The van der Waals surface area contributed by atoms with Gasteiger partial charge in [-0.3, -0.25) is 14.4 Å². The number of allylic oxidation sites excluding steroid dienone is 1. The van der Waals surface area contributed by atoms with Crippen molar-refractivity contribution >= 4 is 11.9 Å². The van der Waals surface area contributed by atoms with Gasteiger partial charge < -0.3 is 29.9 Å². The first-order valence-corrected chi connectivity index (χ1v) is 18.4. The van der Waals surface area contributed by atoms with Gasteiger partial charge in [0.25, 0.3) is 0 Å². The van der Waals surface area contributed by atoms with Crippen molar-refractivity contribution in [3.63, 3.8) is 0 Å². The molecule has 4 unspecified atom stereocenters. The summed E-state index contributed by atoms with van der Waals surface area (Å²) in [7, 11) is 1.37. The minimum atomic E-state index is -1.45. The van der Waals surface area contributed by atoms with E-state index in [0.29, 0.717) is 17.8 Å². The fourth-order valence-electron chi connectivity index (χ4n) is 13.3. The highest BCUT2D eigenvalue weighted by molar-refractivity contribution is 5.76. The number of rotatable bonds is 7. The van der Waals surface area contributed by atoms with Crippen molar-refractivity contribution in [3.05, 3.63) is 12.2 Å². The van der Waals surface area contributed by atoms with Gasteiger partial charge in [0, 0.05) is 5.41 Å². The molecule has 0 amide bonds. The van der Waals surface area contributed by atoms with Gasteiger partial charge in [-0.25, -0.2) is 0 Å². The van der Waals surface area contributed by atoms with Gasteiger partial charge in [-0.05, 0) is 117 Å². The first-order chi connectivity index (χ1) is 22.4. The number of aliphatic carboxylic acids is 1. The maximum atomic E-state index is 13.4. The largest absolute Gasteiger partial charge is 0.481 e. The number of hydrogen-bond acceptors (Lipinski definition) is 9. The Morgan fingerprint density at radius 2 is 1.58 bits per heavy atom. The summed E-state index contributed by atoms with van der Waals surface area (Å²) >= 11 is 0. The van der Waals surface area contributed by atoms with Crippen LogP contribution in [0.25, 0.3) is 0 Å². The number of hydroxylamine groups is 2. The Labute approximate surface area is 286 Å². The molecule has 0 radical (unpaired) electrons. The third-order valence-electron chi connectivity index (χ3n) is 16.0. The molecule has 6 fully saturated rings. The van der Waals surface area contributed by atoms with Gasteiger partial charge in [-0.1, -0.05) is 46.8 Å². The number of fused-ring (bicyclic) bond motifs is 7. The Kier molecular flexibility index (Phi) is 9.28. The van der Waals surface area contributed by atoms with Gasteiger partial charge in [0.15, 0.2) is 6.23 Å². The zero-order valence-electron chi connectivity index (χ0n) is 30.2. The number of aliphatic hydroxyl groups is 3. The van der Waals surface area contributed by atoms with E-state index in [1.807, 2.05) is 0 Å². The fourth-order valence-corrected chi connectivity index (χ4v) is 13.3. The molecule has 1 saturated heterocycles. The Morgan fingerprint density at radius 1 is 0.875 bits per heavy atom. The smallest absolute Gasteiger partial charge is 0.323 e. The second-order valence-corrected chi connectivity index (χ2v) is 18.0. The summed E-state index contributed by atoms with van der Waals surface area (Å²) < 4.78 is 11.7. The van der Waals surface area contributed by atoms with Crippen LogP contribution in [0, 0.1) is 56.7 Å². The van der Waals surface area contributed by atoms with E-state index in [2.05, 4.69) is 48.1 Å². The Balaban J connectivity index is 1.20. The van der Waals surface area contributed by atoms with Gasteiger partial charge >= 0.3 is 11.9 Å². The third-order valence-corrected chi connectivity index (χ3v) is 16.0. The maximum absolute atomic E-state index is 13.4. The topological polar surface area (TPSA) is 146 Å². The average Bonchev–Trinajstić information content (AvgIpc) is 3.42. The van der Waals surface area contributed by atoms with Gasteiger partial charge in [0.2, 0.25) is 0 Å². The van der Waals surface area contributed by atoms with Crippen LogP contribution >= 0.6 is 0 Å². The van der Waals surface area contributed by atoms with Gasteiger partial charge in [-0.2, -0.15) is 0 Å². The molecule has 48 heavy (non-hydrogen) atoms. The molecule has 14 atom stereocenters. The summed E-state index contributed by atoms with van der Waals surface area (Å²) in [5.41, 5.74) is 0.458. The normalized spacial score (nSPS) is 49.6. The van der Waals surface area contributed by atoms with Crippen LogP contribution in [-0.4, -0.2) is 88.3 Å². The van der Waals surface area contributed by atoms with Crippen LogP contribution in [0.5, 0.6) is 0 Å². The fraction of sp³-hybridized carbons (Fsp3) is 0.895. The van der Waals surface area contributed by atoms with Crippen molar-refractivity contribution < 1.29 is 44.3 Å². The third kappa shape index (κ3) is 5.08. The Hall–Kier alpha value is -1.56. The summed E-state index contributed by atoms with van der Waals surface area (Å²) in [5.74, 6) is 0.572. The monoisotopic (exact) mass is 675 g/mol. The molecule has 1 aliphatic heterocycles. The highest BCUT2D eigenvalue weighted by Crippen LogP contribution is 2.77. The number of nitrogens with zero attached hydrogens (tertiary/aromatic N) is 1. The zero-order valence-corrected chi connectivity index (χ0v) is 30.2. The summed E-state index contributed by atoms with van der Waals surface area (Å²) in [6.45, 7) is 18.0. The molecule has 4 N–H and O–H groups in total. The number of aliphatic hydroxyl groups excluding tert-OH is 3.